The number of allylic oxidation sites excluding steroid dienone is 5. The molecule has 194 valence electrons. The van der Waals surface area contributed by atoms with Gasteiger partial charge in [-0.25, -0.2) is 0 Å². The third-order valence-electron chi connectivity index (χ3n) is 8.20. The van der Waals surface area contributed by atoms with E-state index in [9.17, 15) is 0 Å². The van der Waals surface area contributed by atoms with Gasteiger partial charge in [-0.2, -0.15) is 0 Å². The van der Waals surface area contributed by atoms with Crippen LogP contribution in [0.4, 0.5) is 0 Å². The van der Waals surface area contributed by atoms with Gasteiger partial charge in [-0.1, -0.05) is 143 Å². The fourth-order valence-corrected chi connectivity index (χ4v) is 5.03. The summed E-state index contributed by atoms with van der Waals surface area (Å²) in [6, 6.07) is 0. The summed E-state index contributed by atoms with van der Waals surface area (Å²) in [7, 11) is 0. The average Bonchev–Trinajstić information content (AvgIpc) is 2.79. The van der Waals surface area contributed by atoms with Gasteiger partial charge in [-0.05, 0) is 61.2 Å². The van der Waals surface area contributed by atoms with Gasteiger partial charge in [0.05, 0.1) is 0 Å². The fourth-order valence-electron chi connectivity index (χ4n) is 5.03. The second-order valence-electron chi connectivity index (χ2n) is 11.9. The third kappa shape index (κ3) is 18.2. The lowest BCUT2D eigenvalue weighted by Gasteiger charge is -2.36. The number of rotatable bonds is 22. The molecule has 33 heavy (non-hydrogen) atoms. The van der Waals surface area contributed by atoms with Crippen LogP contribution in [0, 0.1) is 29.1 Å². The maximum atomic E-state index is 3.84. The predicted molar refractivity (Wildman–Crippen MR) is 154 cm³/mol. The molecule has 0 aromatic heterocycles. The highest BCUT2D eigenvalue weighted by Gasteiger charge is 2.29. The van der Waals surface area contributed by atoms with Crippen LogP contribution in [0.5, 0.6) is 0 Å². The van der Waals surface area contributed by atoms with E-state index in [1.165, 1.54) is 96.3 Å². The molecule has 0 saturated heterocycles. The highest BCUT2D eigenvalue weighted by atomic mass is 14.3. The van der Waals surface area contributed by atoms with E-state index in [2.05, 4.69) is 85.4 Å². The zero-order valence-corrected chi connectivity index (χ0v) is 24.0. The van der Waals surface area contributed by atoms with Gasteiger partial charge in [-0.3, -0.25) is 0 Å². The van der Waals surface area contributed by atoms with Crippen LogP contribution in [-0.2, 0) is 0 Å². The topological polar surface area (TPSA) is 0 Å². The van der Waals surface area contributed by atoms with Gasteiger partial charge in [0, 0.05) is 0 Å². The van der Waals surface area contributed by atoms with E-state index in [4.69, 9.17) is 0 Å². The zero-order chi connectivity index (χ0) is 25.0. The molecule has 0 heteroatoms. The molecule has 0 fully saturated rings. The van der Waals surface area contributed by atoms with E-state index in [-0.39, 0.29) is 0 Å². The molecular formula is C33H62. The number of hydrogen-bond donors (Lipinski definition) is 0. The Bertz CT molecular complexity index is 494. The molecule has 0 radical (unpaired) electrons. The van der Waals surface area contributed by atoms with Crippen molar-refractivity contribution in [1.82, 2.24) is 0 Å². The Morgan fingerprint density at radius 1 is 0.697 bits per heavy atom. The van der Waals surface area contributed by atoms with Crippen molar-refractivity contribution in [3.05, 3.63) is 37.0 Å². The van der Waals surface area contributed by atoms with Gasteiger partial charge in [0.15, 0.2) is 0 Å². The van der Waals surface area contributed by atoms with Crippen molar-refractivity contribution < 1.29 is 0 Å². The molecular weight excluding hydrogens is 396 g/mol. The zero-order valence-electron chi connectivity index (χ0n) is 24.0. The van der Waals surface area contributed by atoms with Crippen LogP contribution in [0.3, 0.4) is 0 Å². The Morgan fingerprint density at radius 3 is 1.97 bits per heavy atom. The number of hydrogen-bond acceptors (Lipinski definition) is 0. The van der Waals surface area contributed by atoms with Crippen molar-refractivity contribution in [1.29, 1.82) is 0 Å². The summed E-state index contributed by atoms with van der Waals surface area (Å²) in [6.07, 6.45) is 31.3. The second kappa shape index (κ2) is 20.6. The molecule has 0 heterocycles. The van der Waals surface area contributed by atoms with Crippen molar-refractivity contribution >= 4 is 0 Å². The molecule has 0 nitrogen and oxygen atoms in total. The van der Waals surface area contributed by atoms with Gasteiger partial charge >= 0.3 is 0 Å². The van der Waals surface area contributed by atoms with Crippen LogP contribution < -0.4 is 0 Å². The SMILES string of the molecule is C=CCCC(C)CCCCCCC(C)C(C)C(C)(C)CCCCC(C)CC=CC=CCCC. The standard InChI is InChI=1S/C33H62/c1-9-11-13-14-15-18-25-30(4)26-21-22-28-33(7,8)32(6)31(5)27-20-17-16-19-24-29(3)23-12-10-2/h10,13-15,18,29-32H,2,9,11-12,16-17,19-28H2,1,3-8H3. The average molecular weight is 459 g/mol. The van der Waals surface area contributed by atoms with Gasteiger partial charge in [-0.15, -0.1) is 6.58 Å². The van der Waals surface area contributed by atoms with Crippen molar-refractivity contribution in [3.63, 3.8) is 0 Å². The lowest BCUT2D eigenvalue weighted by Crippen LogP contribution is -2.27. The van der Waals surface area contributed by atoms with Crippen LogP contribution in [-0.4, -0.2) is 0 Å². The normalized spacial score (nSPS) is 16.3. The van der Waals surface area contributed by atoms with Crippen LogP contribution in [0.15, 0.2) is 37.0 Å². The monoisotopic (exact) mass is 458 g/mol. The first-order chi connectivity index (χ1) is 15.7. The van der Waals surface area contributed by atoms with Gasteiger partial charge in [0.1, 0.15) is 0 Å². The molecule has 0 aliphatic heterocycles. The summed E-state index contributed by atoms with van der Waals surface area (Å²) in [5.74, 6) is 3.34. The Morgan fingerprint density at radius 2 is 1.30 bits per heavy atom. The summed E-state index contributed by atoms with van der Waals surface area (Å²) in [6.45, 7) is 21.0. The van der Waals surface area contributed by atoms with E-state index in [1.54, 1.807) is 0 Å². The highest BCUT2D eigenvalue weighted by Crippen LogP contribution is 2.39. The van der Waals surface area contributed by atoms with Gasteiger partial charge in [0.25, 0.3) is 0 Å². The minimum absolute atomic E-state index is 0.465. The second-order valence-corrected chi connectivity index (χ2v) is 11.9. The minimum Gasteiger partial charge on any atom is -0.103 e. The lowest BCUT2D eigenvalue weighted by molar-refractivity contribution is 0.139. The molecule has 0 aromatic rings. The smallest absolute Gasteiger partial charge is 0.0322 e. The molecule has 0 aromatic carbocycles. The first-order valence-electron chi connectivity index (χ1n) is 14.7. The molecule has 0 rings (SSSR count). The first-order valence-corrected chi connectivity index (χ1v) is 14.7. The molecule has 4 atom stereocenters. The third-order valence-corrected chi connectivity index (χ3v) is 8.20. The summed E-state index contributed by atoms with van der Waals surface area (Å²) in [5, 5.41) is 0. The first kappa shape index (κ1) is 32.2. The Kier molecular flexibility index (Phi) is 20.1. The summed E-state index contributed by atoms with van der Waals surface area (Å²) in [5.41, 5.74) is 0.465. The fraction of sp³-hybridized carbons (Fsp3) is 0.818. The summed E-state index contributed by atoms with van der Waals surface area (Å²) >= 11 is 0. The van der Waals surface area contributed by atoms with Crippen molar-refractivity contribution in [3.8, 4) is 0 Å². The van der Waals surface area contributed by atoms with Crippen LogP contribution in [0.2, 0.25) is 0 Å². The molecule has 0 bridgehead atoms. The van der Waals surface area contributed by atoms with E-state index >= 15 is 0 Å². The van der Waals surface area contributed by atoms with E-state index in [0.29, 0.717) is 5.41 Å². The highest BCUT2D eigenvalue weighted by molar-refractivity contribution is 5.02. The number of unbranched alkanes of at least 4 members (excludes halogenated alkanes) is 5. The molecule has 0 amide bonds. The quantitative estimate of drug-likeness (QED) is 0.0859. The maximum Gasteiger partial charge on any atom is -0.0322 e. The summed E-state index contributed by atoms with van der Waals surface area (Å²) in [4.78, 5) is 0. The molecule has 0 saturated carbocycles. The molecule has 0 spiro atoms. The molecule has 0 aliphatic rings. The Balaban J connectivity index is 3.96. The molecule has 0 aliphatic carbocycles. The Labute approximate surface area is 210 Å². The minimum atomic E-state index is 0.465. The van der Waals surface area contributed by atoms with Crippen LogP contribution >= 0.6 is 0 Å². The lowest BCUT2D eigenvalue weighted by atomic mass is 9.69. The molecule has 4 unspecified atom stereocenters. The van der Waals surface area contributed by atoms with E-state index in [1.807, 2.05) is 0 Å². The van der Waals surface area contributed by atoms with E-state index < -0.39 is 0 Å². The maximum absolute atomic E-state index is 3.84. The van der Waals surface area contributed by atoms with Crippen molar-refractivity contribution in [2.45, 2.75) is 145 Å². The van der Waals surface area contributed by atoms with Crippen LogP contribution in [0.25, 0.3) is 0 Å². The predicted octanol–water partition coefficient (Wildman–Crippen LogP) is 11.7. The van der Waals surface area contributed by atoms with Crippen molar-refractivity contribution in [2.24, 2.45) is 29.1 Å². The van der Waals surface area contributed by atoms with Crippen molar-refractivity contribution in [2.75, 3.05) is 0 Å². The summed E-state index contributed by atoms with van der Waals surface area (Å²) < 4.78 is 0. The van der Waals surface area contributed by atoms with E-state index in [0.717, 1.165) is 23.7 Å². The Hall–Kier alpha value is -0.780. The largest absolute Gasteiger partial charge is 0.103 e. The van der Waals surface area contributed by atoms with Gasteiger partial charge in [0.2, 0.25) is 0 Å². The van der Waals surface area contributed by atoms with Gasteiger partial charge < -0.3 is 0 Å². The van der Waals surface area contributed by atoms with Crippen LogP contribution in [0.1, 0.15) is 145 Å². The molecule has 0 N–H and O–H groups in total.